The van der Waals surface area contributed by atoms with Gasteiger partial charge in [0.25, 0.3) is 5.91 Å². The molecule has 2 rings (SSSR count). The van der Waals surface area contributed by atoms with Crippen LogP contribution in [0.2, 0.25) is 0 Å². The SMILES string of the molecule is CCn1nc(N)cc1C(=O)N1CCCC1. The van der Waals surface area contributed by atoms with E-state index in [0.717, 1.165) is 25.9 Å². The molecule has 0 saturated carbocycles. The second kappa shape index (κ2) is 3.92. The highest BCUT2D eigenvalue weighted by Gasteiger charge is 2.22. The average molecular weight is 208 g/mol. The van der Waals surface area contributed by atoms with Gasteiger partial charge in [0, 0.05) is 25.7 Å². The van der Waals surface area contributed by atoms with Crippen LogP contribution in [-0.4, -0.2) is 33.7 Å². The molecule has 15 heavy (non-hydrogen) atoms. The molecule has 0 atom stereocenters. The van der Waals surface area contributed by atoms with Gasteiger partial charge in [0.2, 0.25) is 0 Å². The van der Waals surface area contributed by atoms with Crippen LogP contribution in [0.3, 0.4) is 0 Å². The summed E-state index contributed by atoms with van der Waals surface area (Å²) in [4.78, 5) is 13.9. The van der Waals surface area contributed by atoms with Crippen molar-refractivity contribution in [2.24, 2.45) is 0 Å². The van der Waals surface area contributed by atoms with E-state index in [1.165, 1.54) is 0 Å². The third-order valence-corrected chi connectivity index (χ3v) is 2.71. The quantitative estimate of drug-likeness (QED) is 0.779. The molecule has 0 unspecified atom stereocenters. The Morgan fingerprint density at radius 1 is 1.53 bits per heavy atom. The van der Waals surface area contributed by atoms with Gasteiger partial charge in [-0.2, -0.15) is 5.10 Å². The molecule has 82 valence electrons. The van der Waals surface area contributed by atoms with Gasteiger partial charge in [-0.3, -0.25) is 9.48 Å². The largest absolute Gasteiger partial charge is 0.382 e. The van der Waals surface area contributed by atoms with Crippen molar-refractivity contribution in [3.8, 4) is 0 Å². The topological polar surface area (TPSA) is 64.2 Å². The van der Waals surface area contributed by atoms with Crippen LogP contribution in [0, 0.1) is 0 Å². The summed E-state index contributed by atoms with van der Waals surface area (Å²) in [5.74, 6) is 0.470. The van der Waals surface area contributed by atoms with Gasteiger partial charge in [-0.15, -0.1) is 0 Å². The van der Waals surface area contributed by atoms with E-state index in [2.05, 4.69) is 5.10 Å². The molecule has 1 amide bonds. The number of carbonyl (C=O) groups is 1. The highest BCUT2D eigenvalue weighted by Crippen LogP contribution is 2.14. The van der Waals surface area contributed by atoms with E-state index in [9.17, 15) is 4.79 Å². The Kier molecular flexibility index (Phi) is 2.62. The van der Waals surface area contributed by atoms with E-state index in [1.807, 2.05) is 11.8 Å². The first-order chi connectivity index (χ1) is 7.22. The van der Waals surface area contributed by atoms with Gasteiger partial charge in [-0.05, 0) is 19.8 Å². The minimum Gasteiger partial charge on any atom is -0.382 e. The van der Waals surface area contributed by atoms with Crippen LogP contribution in [0.5, 0.6) is 0 Å². The summed E-state index contributed by atoms with van der Waals surface area (Å²) >= 11 is 0. The Morgan fingerprint density at radius 3 is 2.80 bits per heavy atom. The lowest BCUT2D eigenvalue weighted by atomic mass is 10.3. The Hall–Kier alpha value is -1.52. The maximum atomic E-state index is 12.0. The Balaban J connectivity index is 2.23. The van der Waals surface area contributed by atoms with Crippen LogP contribution in [0.15, 0.2) is 6.07 Å². The fourth-order valence-electron chi connectivity index (χ4n) is 1.93. The van der Waals surface area contributed by atoms with Gasteiger partial charge >= 0.3 is 0 Å². The van der Waals surface area contributed by atoms with Crippen molar-refractivity contribution in [2.45, 2.75) is 26.3 Å². The van der Waals surface area contributed by atoms with E-state index in [-0.39, 0.29) is 5.91 Å². The van der Waals surface area contributed by atoms with Crippen LogP contribution in [0.4, 0.5) is 5.82 Å². The van der Waals surface area contributed by atoms with Gasteiger partial charge in [0.05, 0.1) is 0 Å². The van der Waals surface area contributed by atoms with Crippen molar-refractivity contribution in [2.75, 3.05) is 18.8 Å². The van der Waals surface area contributed by atoms with Gasteiger partial charge in [0.15, 0.2) is 0 Å². The molecule has 2 N–H and O–H groups in total. The van der Waals surface area contributed by atoms with Crippen molar-refractivity contribution in [1.29, 1.82) is 0 Å². The number of likely N-dealkylation sites (tertiary alicyclic amines) is 1. The maximum absolute atomic E-state index is 12.0. The molecule has 5 nitrogen and oxygen atoms in total. The van der Waals surface area contributed by atoms with Gasteiger partial charge < -0.3 is 10.6 Å². The molecule has 0 aliphatic carbocycles. The lowest BCUT2D eigenvalue weighted by Crippen LogP contribution is -2.29. The van der Waals surface area contributed by atoms with Crippen LogP contribution < -0.4 is 5.73 Å². The molecule has 5 heteroatoms. The molecule has 2 heterocycles. The van der Waals surface area contributed by atoms with E-state index in [1.54, 1.807) is 10.7 Å². The smallest absolute Gasteiger partial charge is 0.272 e. The normalized spacial score (nSPS) is 15.9. The first-order valence-electron chi connectivity index (χ1n) is 5.35. The summed E-state index contributed by atoms with van der Waals surface area (Å²) in [6, 6.07) is 1.66. The van der Waals surface area contributed by atoms with Crippen molar-refractivity contribution in [3.63, 3.8) is 0 Å². The number of nitrogens with two attached hydrogens (primary N) is 1. The molecular formula is C10H16N4O. The molecular weight excluding hydrogens is 192 g/mol. The molecule has 1 aromatic heterocycles. The van der Waals surface area contributed by atoms with E-state index in [0.29, 0.717) is 18.1 Å². The number of nitrogen functional groups attached to an aromatic ring is 1. The number of anilines is 1. The van der Waals surface area contributed by atoms with Crippen molar-refractivity contribution < 1.29 is 4.79 Å². The number of hydrogen-bond donors (Lipinski definition) is 1. The van der Waals surface area contributed by atoms with Crippen molar-refractivity contribution in [3.05, 3.63) is 11.8 Å². The monoisotopic (exact) mass is 208 g/mol. The Morgan fingerprint density at radius 2 is 2.20 bits per heavy atom. The summed E-state index contributed by atoms with van der Waals surface area (Å²) in [6.07, 6.45) is 2.20. The molecule has 1 aromatic rings. The zero-order chi connectivity index (χ0) is 10.8. The van der Waals surface area contributed by atoms with Crippen LogP contribution in [0.1, 0.15) is 30.3 Å². The maximum Gasteiger partial charge on any atom is 0.272 e. The number of hydrogen-bond acceptors (Lipinski definition) is 3. The fourth-order valence-corrected chi connectivity index (χ4v) is 1.93. The summed E-state index contributed by atoms with van der Waals surface area (Å²) in [6.45, 7) is 4.33. The molecule has 1 aliphatic rings. The molecule has 1 saturated heterocycles. The van der Waals surface area contributed by atoms with E-state index >= 15 is 0 Å². The summed E-state index contributed by atoms with van der Waals surface area (Å²) in [7, 11) is 0. The van der Waals surface area contributed by atoms with E-state index < -0.39 is 0 Å². The lowest BCUT2D eigenvalue weighted by Gasteiger charge is -2.15. The predicted octanol–water partition coefficient (Wildman–Crippen LogP) is 0.721. The number of aryl methyl sites for hydroxylation is 1. The van der Waals surface area contributed by atoms with Crippen LogP contribution >= 0.6 is 0 Å². The number of rotatable bonds is 2. The standard InChI is InChI=1S/C10H16N4O/c1-2-14-8(7-9(11)12-14)10(15)13-5-3-4-6-13/h7H,2-6H2,1H3,(H2,11,12). The zero-order valence-electron chi connectivity index (χ0n) is 8.94. The third kappa shape index (κ3) is 1.82. The first kappa shape index (κ1) is 10.0. The highest BCUT2D eigenvalue weighted by atomic mass is 16.2. The van der Waals surface area contributed by atoms with Gasteiger partial charge in [0.1, 0.15) is 11.5 Å². The minimum atomic E-state index is 0.0542. The minimum absolute atomic E-state index is 0.0542. The van der Waals surface area contributed by atoms with Gasteiger partial charge in [-0.25, -0.2) is 0 Å². The van der Waals surface area contributed by atoms with Crippen molar-refractivity contribution in [1.82, 2.24) is 14.7 Å². The molecule has 0 spiro atoms. The number of carbonyl (C=O) groups excluding carboxylic acids is 1. The Bertz CT molecular complexity index is 365. The molecule has 1 fully saturated rings. The molecule has 0 aromatic carbocycles. The summed E-state index contributed by atoms with van der Waals surface area (Å²) < 4.78 is 1.66. The second-order valence-electron chi connectivity index (χ2n) is 3.77. The second-order valence-corrected chi connectivity index (χ2v) is 3.77. The summed E-state index contributed by atoms with van der Waals surface area (Å²) in [5.41, 5.74) is 6.20. The predicted molar refractivity (Wildman–Crippen MR) is 57.5 cm³/mol. The van der Waals surface area contributed by atoms with Crippen LogP contribution in [-0.2, 0) is 6.54 Å². The lowest BCUT2D eigenvalue weighted by molar-refractivity contribution is 0.0780. The average Bonchev–Trinajstić information content (AvgIpc) is 2.84. The number of aromatic nitrogens is 2. The molecule has 0 radical (unpaired) electrons. The first-order valence-corrected chi connectivity index (χ1v) is 5.35. The summed E-state index contributed by atoms with van der Waals surface area (Å²) in [5, 5.41) is 4.07. The van der Waals surface area contributed by atoms with E-state index in [4.69, 9.17) is 5.73 Å². The van der Waals surface area contributed by atoms with Crippen LogP contribution in [0.25, 0.3) is 0 Å². The van der Waals surface area contributed by atoms with Crippen molar-refractivity contribution >= 4 is 11.7 Å². The zero-order valence-corrected chi connectivity index (χ0v) is 8.94. The number of amides is 1. The molecule has 0 bridgehead atoms. The highest BCUT2D eigenvalue weighted by molar-refractivity contribution is 5.93. The third-order valence-electron chi connectivity index (χ3n) is 2.71. The van der Waals surface area contributed by atoms with Gasteiger partial charge in [-0.1, -0.05) is 0 Å². The number of nitrogens with zero attached hydrogens (tertiary/aromatic N) is 3. The molecule has 1 aliphatic heterocycles. The fraction of sp³-hybridized carbons (Fsp3) is 0.600. The Labute approximate surface area is 88.8 Å².